The summed E-state index contributed by atoms with van der Waals surface area (Å²) in [6.45, 7) is 18.4. The molecule has 0 aromatic rings. The van der Waals surface area contributed by atoms with Crippen molar-refractivity contribution in [3.8, 4) is 0 Å². The number of piperidine rings is 1. The molecule has 9 heterocycles. The first kappa shape index (κ1) is 100. The van der Waals surface area contributed by atoms with E-state index < -0.39 is 0 Å². The summed E-state index contributed by atoms with van der Waals surface area (Å²) in [7, 11) is 0. The van der Waals surface area contributed by atoms with E-state index in [-0.39, 0.29) is 81.7 Å². The van der Waals surface area contributed by atoms with Gasteiger partial charge >= 0.3 is 0 Å². The van der Waals surface area contributed by atoms with Gasteiger partial charge < -0.3 is 29.6 Å². The van der Waals surface area contributed by atoms with Crippen LogP contribution in [0.2, 0.25) is 0 Å². The lowest BCUT2D eigenvalue weighted by Crippen LogP contribution is -2.26. The Labute approximate surface area is 486 Å². The third-order valence-corrected chi connectivity index (χ3v) is 13.8. The molecule has 0 aromatic carbocycles. The zero-order valence-electron chi connectivity index (χ0n) is 41.8. The molecule has 0 amide bonds. The predicted molar refractivity (Wildman–Crippen MR) is 355 cm³/mol. The minimum atomic E-state index is 0. The van der Waals surface area contributed by atoms with Crippen molar-refractivity contribution in [1.29, 1.82) is 0 Å². The van der Waals surface area contributed by atoms with Crippen LogP contribution in [0.5, 0.6) is 0 Å². The van der Waals surface area contributed by atoms with Gasteiger partial charge in [0.05, 0.1) is 33.5 Å². The molecule has 0 spiro atoms. The number of hydrogen-bond donors (Lipinski definition) is 8. The first-order valence-corrected chi connectivity index (χ1v) is 29.5. The topological polar surface area (TPSA) is 133 Å². The van der Waals surface area contributed by atoms with Crippen LogP contribution in [-0.2, 0) is 18.9 Å². The zero-order valence-corrected chi connectivity index (χ0v) is 43.4. The van der Waals surface area contributed by atoms with Crippen molar-refractivity contribution in [3.05, 3.63) is 0 Å². The van der Waals surface area contributed by atoms with Crippen LogP contribution in [0.3, 0.4) is 0 Å². The first-order valence-electron chi connectivity index (χ1n) is 27.2. The Morgan fingerprint density at radius 3 is 0.653 bits per heavy atom. The Bertz CT molecular complexity index is 570. The van der Waals surface area contributed by atoms with Gasteiger partial charge in [-0.1, -0.05) is 165 Å². The maximum Gasteiger partial charge on any atom is 0.0966 e. The highest BCUT2D eigenvalue weighted by Crippen LogP contribution is 2.17. The molecule has 11 rings (SSSR count). The largest absolute Gasteiger partial charge is 0.366 e. The average molecular weight is 1130 g/mol. The molecule has 2 aliphatic carbocycles. The molecule has 472 valence electrons. The van der Waals surface area contributed by atoms with Crippen LogP contribution in [0.1, 0.15) is 261 Å². The summed E-state index contributed by atoms with van der Waals surface area (Å²) in [6.07, 6.45) is 39.6. The van der Waals surface area contributed by atoms with E-state index in [1.807, 2.05) is 0 Å². The molecule has 14 heteroatoms. The third kappa shape index (κ3) is 93.9. The van der Waals surface area contributed by atoms with Crippen LogP contribution >= 0.6 is 23.5 Å². The monoisotopic (exact) mass is 1130 g/mol. The molecule has 0 bridgehead atoms. The molecule has 11 aliphatic rings. The van der Waals surface area contributed by atoms with E-state index in [0.29, 0.717) is 0 Å². The van der Waals surface area contributed by atoms with Gasteiger partial charge in [0, 0.05) is 39.5 Å². The van der Waals surface area contributed by atoms with Gasteiger partial charge in [0.15, 0.2) is 0 Å². The maximum absolute atomic E-state index is 5.16. The normalized spacial score (nSPS) is 20.5. The molecule has 0 aromatic heterocycles. The summed E-state index contributed by atoms with van der Waals surface area (Å²) < 4.78 is 20.0. The standard InChI is InChI=1S/C6H13NO.C6H12.C5H11NO.C5H11N.C5H10S.C5H10.C4H9NO.C4H9N.C4H8S.C3H8N2.C3H7NO.11CH4/c1-2-4-7-6-8-5-3-1;1-2-4-6-5-3-1;1-2-4-7-5-6-3-1;2*1-2-4-6-5-3-1;1-2-4-5-3-1;1-2-5-4-6-3-1;3*1-2-4-5-3-1;1-2-5-3-4-1;;;;;;;;;;;/h7H,1-6H2;1-6H2;6H,1-5H2;6H,1-5H2;1-5H2;1-5H2;5H,1-4H2;5H,1-4H2;1-4H2;4-5H,1-3H2;4H,1-3H2;11*1H4. The zero-order chi connectivity index (χ0) is 45.3. The predicted octanol–water partition coefficient (Wildman–Crippen LogP) is 15.9. The SMILES string of the molecule is C.C.C.C.C.C.C.C.C.C.C.C1CCCC1.C1CCCCC1.C1CCNC1.C1CCNCC1.C1CCNCOCC1.C1CCOCNC1.C1CCSC1.C1CCSCC1.C1CNCOC1.C1CNNC1.C1COCN1. The molecule has 12 nitrogen and oxygen atoms in total. The molecular formula is C61H152N8O4S2. The van der Waals surface area contributed by atoms with Crippen molar-refractivity contribution in [2.45, 2.75) is 261 Å². The van der Waals surface area contributed by atoms with Gasteiger partial charge in [0.25, 0.3) is 0 Å². The summed E-state index contributed by atoms with van der Waals surface area (Å²) in [6, 6.07) is 0. The molecule has 75 heavy (non-hydrogen) atoms. The van der Waals surface area contributed by atoms with Crippen molar-refractivity contribution in [3.63, 3.8) is 0 Å². The highest BCUT2D eigenvalue weighted by molar-refractivity contribution is 7.99. The molecule has 9 saturated heterocycles. The highest BCUT2D eigenvalue weighted by atomic mass is 32.2. The number of thioether (sulfide) groups is 2. The first-order chi connectivity index (χ1) is 32.0. The van der Waals surface area contributed by atoms with Gasteiger partial charge in [-0.3, -0.25) is 32.1 Å². The van der Waals surface area contributed by atoms with Crippen LogP contribution in [0, 0.1) is 0 Å². The van der Waals surface area contributed by atoms with Crippen molar-refractivity contribution >= 4 is 23.5 Å². The summed E-state index contributed by atoms with van der Waals surface area (Å²) in [5, 5.41) is 18.9. The Morgan fingerprint density at radius 2 is 0.427 bits per heavy atom. The maximum atomic E-state index is 5.16. The van der Waals surface area contributed by atoms with E-state index in [9.17, 15) is 0 Å². The van der Waals surface area contributed by atoms with Crippen molar-refractivity contribution < 1.29 is 18.9 Å². The van der Waals surface area contributed by atoms with Crippen LogP contribution in [-0.4, -0.2) is 142 Å². The van der Waals surface area contributed by atoms with Crippen LogP contribution in [0.15, 0.2) is 0 Å². The van der Waals surface area contributed by atoms with Crippen LogP contribution < -0.4 is 42.8 Å². The fourth-order valence-corrected chi connectivity index (χ4v) is 9.45. The second kappa shape index (κ2) is 96.5. The van der Waals surface area contributed by atoms with E-state index in [1.165, 1.54) is 229 Å². The second-order valence-corrected chi connectivity index (χ2v) is 20.1. The number of hydrogen-bond acceptors (Lipinski definition) is 14. The van der Waals surface area contributed by atoms with E-state index in [2.05, 4.69) is 66.3 Å². The average Bonchev–Trinajstić information content (AvgIpc) is 4.24. The van der Waals surface area contributed by atoms with Crippen LogP contribution in [0.25, 0.3) is 0 Å². The second-order valence-electron chi connectivity index (χ2n) is 17.7. The van der Waals surface area contributed by atoms with Crippen molar-refractivity contribution in [1.82, 2.24) is 42.8 Å². The Morgan fingerprint density at radius 1 is 0.187 bits per heavy atom. The molecular weight excluding hydrogens is 973 g/mol. The van der Waals surface area contributed by atoms with E-state index >= 15 is 0 Å². The number of hydrazine groups is 1. The molecule has 8 N–H and O–H groups in total. The van der Waals surface area contributed by atoms with Crippen molar-refractivity contribution in [2.24, 2.45) is 0 Å². The van der Waals surface area contributed by atoms with E-state index in [0.717, 1.165) is 92.6 Å². The molecule has 0 radical (unpaired) electrons. The van der Waals surface area contributed by atoms with Gasteiger partial charge in [-0.05, 0) is 165 Å². The summed E-state index contributed by atoms with van der Waals surface area (Å²) in [5.74, 6) is 5.67. The van der Waals surface area contributed by atoms with Crippen LogP contribution in [0.4, 0.5) is 0 Å². The summed E-state index contributed by atoms with van der Waals surface area (Å²) in [5.41, 5.74) is 5.94. The van der Waals surface area contributed by atoms with E-state index in [4.69, 9.17) is 18.9 Å². The van der Waals surface area contributed by atoms with Gasteiger partial charge in [-0.15, -0.1) is 0 Å². The Balaban J connectivity index is -0.0000000659. The van der Waals surface area contributed by atoms with Crippen molar-refractivity contribution in [2.75, 3.05) is 142 Å². The molecule has 0 atom stereocenters. The molecule has 0 unspecified atom stereocenters. The third-order valence-electron chi connectivity index (χ3n) is 11.5. The fraction of sp³-hybridized carbons (Fsp3) is 1.00. The minimum absolute atomic E-state index is 0. The van der Waals surface area contributed by atoms with Gasteiger partial charge in [0.2, 0.25) is 0 Å². The highest BCUT2D eigenvalue weighted by Gasteiger charge is 2.00. The minimum Gasteiger partial charge on any atom is -0.366 e. The lowest BCUT2D eigenvalue weighted by molar-refractivity contribution is 0.0848. The number of nitrogens with one attached hydrogen (secondary N) is 8. The summed E-state index contributed by atoms with van der Waals surface area (Å²) in [4.78, 5) is 0. The Kier molecular flexibility index (Phi) is 129. The molecule has 11 fully saturated rings. The fourth-order valence-electron chi connectivity index (χ4n) is 7.41. The smallest absolute Gasteiger partial charge is 0.0966 e. The number of rotatable bonds is 0. The number of ether oxygens (including phenoxy) is 4. The molecule has 9 aliphatic heterocycles. The summed E-state index contributed by atoms with van der Waals surface area (Å²) >= 11 is 4.17. The quantitative estimate of drug-likeness (QED) is 0.117. The van der Waals surface area contributed by atoms with Gasteiger partial charge in [-0.2, -0.15) is 23.5 Å². The van der Waals surface area contributed by atoms with E-state index in [1.54, 1.807) is 0 Å². The lowest BCUT2D eigenvalue weighted by atomic mass is 10.0. The van der Waals surface area contributed by atoms with Gasteiger partial charge in [-0.25, -0.2) is 0 Å². The lowest BCUT2D eigenvalue weighted by Gasteiger charge is -2.10. The Hall–Kier alpha value is 0.220. The molecule has 2 saturated carbocycles. The van der Waals surface area contributed by atoms with Gasteiger partial charge in [0.1, 0.15) is 0 Å².